The molecule has 13 N–H and O–H groups in total. The van der Waals surface area contributed by atoms with Gasteiger partial charge in [0.25, 0.3) is 5.79 Å². The van der Waals surface area contributed by atoms with Crippen molar-refractivity contribution in [1.29, 1.82) is 0 Å². The number of hydrogen-bond donors (Lipinski definition) is 13. The van der Waals surface area contributed by atoms with Gasteiger partial charge in [-0.3, -0.25) is 14.1 Å². The minimum atomic E-state index is -5.07. The van der Waals surface area contributed by atoms with Crippen molar-refractivity contribution in [1.82, 2.24) is 10.6 Å². The Morgan fingerprint density at radius 2 is 1.46 bits per heavy atom. The quantitative estimate of drug-likeness (QED) is 0.0732. The molecule has 0 aromatic carbocycles. The van der Waals surface area contributed by atoms with Crippen molar-refractivity contribution in [2.45, 2.75) is 118 Å². The summed E-state index contributed by atoms with van der Waals surface area (Å²) in [6.07, 6.45) is -26.7. The molecule has 0 saturated carbocycles. The smallest absolute Gasteiger partial charge is 0.397 e. The maximum absolute atomic E-state index is 12.5. The summed E-state index contributed by atoms with van der Waals surface area (Å²) in [6.45, 7) is -1.17. The molecule has 1 unspecified atom stereocenters. The number of aliphatic hydroxyl groups excluding tert-OH is 9. The summed E-state index contributed by atoms with van der Waals surface area (Å²) in [6, 6.07) is -3.22. The Morgan fingerprint density at radius 3 is 2.00 bits per heavy atom. The van der Waals surface area contributed by atoms with Crippen molar-refractivity contribution in [2.24, 2.45) is 0 Å². The molecule has 3 fully saturated rings. The first-order chi connectivity index (χ1) is 23.1. The highest BCUT2D eigenvalue weighted by Crippen LogP contribution is 2.35. The van der Waals surface area contributed by atoms with E-state index in [4.69, 9.17) is 28.2 Å². The number of carbonyl (C=O) groups is 3. The Kier molecular flexibility index (Phi) is 14.4. The van der Waals surface area contributed by atoms with Crippen LogP contribution in [0.4, 0.5) is 0 Å². The van der Waals surface area contributed by atoms with E-state index < -0.39 is 152 Å². The molecule has 0 aromatic heterocycles. The molecule has 3 aliphatic rings. The van der Waals surface area contributed by atoms with E-state index in [-0.39, 0.29) is 0 Å². The average Bonchev–Trinajstić information content (AvgIpc) is 3.02. The van der Waals surface area contributed by atoms with E-state index in [1.165, 1.54) is 0 Å². The molecule has 3 aliphatic heterocycles. The number of amides is 2. The molecular weight excluding hydrogens is 712 g/mol. The molecule has 2 amide bonds. The number of rotatable bonds is 14. The van der Waals surface area contributed by atoms with Crippen LogP contribution >= 0.6 is 0 Å². The molecular formula is C25H42N2O22S. The van der Waals surface area contributed by atoms with Crippen LogP contribution in [0.2, 0.25) is 0 Å². The van der Waals surface area contributed by atoms with E-state index in [0.717, 1.165) is 13.8 Å². The minimum absolute atomic E-state index is 0.754. The lowest BCUT2D eigenvalue weighted by Gasteiger charge is -2.48. The average molecular weight is 755 g/mol. The molecule has 16 atom stereocenters. The molecule has 0 radical (unpaired) electrons. The fourth-order valence-corrected chi connectivity index (χ4v) is 5.90. The Morgan fingerprint density at radius 1 is 0.880 bits per heavy atom. The summed E-state index contributed by atoms with van der Waals surface area (Å²) in [4.78, 5) is 36.2. The zero-order chi connectivity index (χ0) is 37.9. The van der Waals surface area contributed by atoms with Gasteiger partial charge in [-0.05, 0) is 0 Å². The van der Waals surface area contributed by atoms with E-state index in [9.17, 15) is 73.9 Å². The molecule has 25 heteroatoms. The SMILES string of the molecule is CC(=O)N[C@H]1[C@H]([C@H](O)[C@H](O)CO)O[C@@](OC[C@H]2OC(O)[C@H](NC(C)=O)[C@@H](O[C@@H]3O[C@H](COS(=O)(=O)O)[C@H](O)[C@H](O)[C@H]3O)[C@@H]2O)(C(=O)O)C[C@@H]1O. The number of hydrogen-bond acceptors (Lipinski definition) is 20. The summed E-state index contributed by atoms with van der Waals surface area (Å²) in [5, 5.41) is 108. The number of carbonyl (C=O) groups excluding carboxylic acids is 2. The van der Waals surface area contributed by atoms with Crippen molar-refractivity contribution in [2.75, 3.05) is 19.8 Å². The third kappa shape index (κ3) is 9.98. The Balaban J connectivity index is 1.88. The fourth-order valence-electron chi connectivity index (χ4n) is 5.59. The van der Waals surface area contributed by atoms with Crippen LogP contribution in [0.3, 0.4) is 0 Å². The Hall–Kier alpha value is -2.28. The first-order valence-electron chi connectivity index (χ1n) is 14.8. The number of aliphatic hydroxyl groups is 9. The van der Waals surface area contributed by atoms with Gasteiger partial charge >= 0.3 is 16.4 Å². The van der Waals surface area contributed by atoms with Crippen molar-refractivity contribution in [3.8, 4) is 0 Å². The first kappa shape index (κ1) is 42.1. The third-order valence-electron chi connectivity index (χ3n) is 8.07. The maximum atomic E-state index is 12.5. The molecule has 3 heterocycles. The van der Waals surface area contributed by atoms with Gasteiger partial charge in [0, 0.05) is 20.3 Å². The van der Waals surface area contributed by atoms with E-state index in [1.54, 1.807) is 0 Å². The van der Waals surface area contributed by atoms with Crippen LogP contribution in [-0.4, -0.2) is 199 Å². The highest BCUT2D eigenvalue weighted by molar-refractivity contribution is 7.80. The lowest BCUT2D eigenvalue weighted by atomic mass is 9.88. The van der Waals surface area contributed by atoms with Crippen LogP contribution in [0.5, 0.6) is 0 Å². The van der Waals surface area contributed by atoms with E-state index in [1.807, 2.05) is 0 Å². The molecule has 0 aliphatic carbocycles. The summed E-state index contributed by atoms with van der Waals surface area (Å²) < 4.78 is 62.2. The van der Waals surface area contributed by atoms with Crippen LogP contribution in [0, 0.1) is 0 Å². The van der Waals surface area contributed by atoms with Gasteiger partial charge in [-0.2, -0.15) is 8.42 Å². The number of carboxylic acid groups (broad SMARTS) is 1. The van der Waals surface area contributed by atoms with Crippen molar-refractivity contribution in [3.63, 3.8) is 0 Å². The number of aliphatic carboxylic acids is 1. The predicted octanol–water partition coefficient (Wildman–Crippen LogP) is -8.25. The van der Waals surface area contributed by atoms with Crippen LogP contribution in [-0.2, 0) is 52.7 Å². The van der Waals surface area contributed by atoms with E-state index in [0.29, 0.717) is 0 Å². The van der Waals surface area contributed by atoms with Gasteiger partial charge in [-0.1, -0.05) is 0 Å². The standard InChI is InChI=1S/C25H42N2O22S/c1-7(29)26-13-9(31)3-25(24(39)40,49-21(13)15(33)10(32)4-28)44-5-11-17(35)20(14(22(38)46-11)27-8(2)30)48-23-19(37)18(36)16(34)12(47-23)6-45-50(41,42)43/h9-23,28,31-38H,3-6H2,1-2H3,(H,26,29)(H,27,30)(H,39,40)(H,41,42,43)/t9-,10+,11+,12+,13+,14+,15+,16-,17+,18-,19+,20+,21+,22?,23-,25+/m0/s1. The summed E-state index contributed by atoms with van der Waals surface area (Å²) >= 11 is 0. The number of nitrogens with one attached hydrogen (secondary N) is 2. The Labute approximate surface area is 283 Å². The van der Waals surface area contributed by atoms with Crippen LogP contribution < -0.4 is 10.6 Å². The van der Waals surface area contributed by atoms with Crippen LogP contribution in [0.15, 0.2) is 0 Å². The lowest BCUT2D eigenvalue weighted by Crippen LogP contribution is -2.69. The highest BCUT2D eigenvalue weighted by atomic mass is 32.3. The third-order valence-corrected chi connectivity index (χ3v) is 8.50. The predicted molar refractivity (Wildman–Crippen MR) is 152 cm³/mol. The fraction of sp³-hybridized carbons (Fsp3) is 0.880. The van der Waals surface area contributed by atoms with Crippen molar-refractivity contribution >= 4 is 28.2 Å². The second kappa shape index (κ2) is 17.0. The van der Waals surface area contributed by atoms with Gasteiger partial charge in [-0.15, -0.1) is 0 Å². The van der Waals surface area contributed by atoms with Crippen LogP contribution in [0.25, 0.3) is 0 Å². The highest BCUT2D eigenvalue weighted by Gasteiger charge is 2.57. The number of ether oxygens (including phenoxy) is 5. The summed E-state index contributed by atoms with van der Waals surface area (Å²) in [7, 11) is -5.07. The molecule has 0 aromatic rings. The normalized spacial score (nSPS) is 40.8. The summed E-state index contributed by atoms with van der Waals surface area (Å²) in [5.74, 6) is -6.40. The lowest BCUT2D eigenvalue weighted by molar-refractivity contribution is -0.351. The minimum Gasteiger partial charge on any atom is -0.477 e. The van der Waals surface area contributed by atoms with Crippen LogP contribution in [0.1, 0.15) is 20.3 Å². The van der Waals surface area contributed by atoms with Gasteiger partial charge in [0.2, 0.25) is 11.8 Å². The van der Waals surface area contributed by atoms with Crippen molar-refractivity contribution in [3.05, 3.63) is 0 Å². The Bertz CT molecular complexity index is 1290. The second-order valence-corrected chi connectivity index (χ2v) is 12.9. The van der Waals surface area contributed by atoms with E-state index in [2.05, 4.69) is 14.8 Å². The van der Waals surface area contributed by atoms with E-state index >= 15 is 0 Å². The second-order valence-electron chi connectivity index (χ2n) is 11.8. The molecule has 24 nitrogen and oxygen atoms in total. The van der Waals surface area contributed by atoms with Gasteiger partial charge in [-0.25, -0.2) is 8.98 Å². The molecule has 3 rings (SSSR count). The van der Waals surface area contributed by atoms with Gasteiger partial charge in [0.1, 0.15) is 67.1 Å². The molecule has 50 heavy (non-hydrogen) atoms. The zero-order valence-electron chi connectivity index (χ0n) is 26.3. The molecule has 3 saturated heterocycles. The van der Waals surface area contributed by atoms with Gasteiger partial charge in [0.15, 0.2) is 12.6 Å². The number of carboxylic acids is 1. The monoisotopic (exact) mass is 754 g/mol. The topological polar surface area (TPSA) is 387 Å². The largest absolute Gasteiger partial charge is 0.477 e. The zero-order valence-corrected chi connectivity index (χ0v) is 27.1. The maximum Gasteiger partial charge on any atom is 0.397 e. The van der Waals surface area contributed by atoms with Gasteiger partial charge < -0.3 is 85.4 Å². The van der Waals surface area contributed by atoms with Gasteiger partial charge in [0.05, 0.1) is 32.0 Å². The van der Waals surface area contributed by atoms with Crippen molar-refractivity contribution < 1.29 is 106 Å². The first-order valence-corrected chi connectivity index (χ1v) is 16.2. The molecule has 0 bridgehead atoms. The molecule has 0 spiro atoms. The molecule has 290 valence electrons. The summed E-state index contributed by atoms with van der Waals surface area (Å²) in [5.41, 5.74) is 0.